The van der Waals surface area contributed by atoms with Crippen LogP contribution in [0.2, 0.25) is 0 Å². The molecule has 2 atom stereocenters. The van der Waals surface area contributed by atoms with Gasteiger partial charge in [0.2, 0.25) is 5.91 Å². The Hall–Kier alpha value is -1.42. The third-order valence-corrected chi connectivity index (χ3v) is 3.22. The summed E-state index contributed by atoms with van der Waals surface area (Å²) in [7, 11) is 0. The monoisotopic (exact) mass is 236 g/mol. The number of hydrogen-bond donors (Lipinski definition) is 2. The molecule has 17 heavy (non-hydrogen) atoms. The molecule has 4 heteroatoms. The summed E-state index contributed by atoms with van der Waals surface area (Å²) in [5, 5.41) is 6.09. The highest BCUT2D eigenvalue weighted by atomic mass is 19.1. The first-order valence-electron chi connectivity index (χ1n) is 5.92. The Morgan fingerprint density at radius 3 is 3.06 bits per heavy atom. The maximum absolute atomic E-state index is 12.9. The van der Waals surface area contributed by atoms with E-state index in [-0.39, 0.29) is 23.7 Å². The molecule has 2 rings (SSSR count). The van der Waals surface area contributed by atoms with Crippen molar-refractivity contribution in [1.29, 1.82) is 0 Å². The van der Waals surface area contributed by atoms with Crippen LogP contribution in [0.5, 0.6) is 0 Å². The van der Waals surface area contributed by atoms with Crippen LogP contribution in [0.3, 0.4) is 0 Å². The normalized spacial score (nSPS) is 23.6. The molecule has 0 radical (unpaired) electrons. The summed E-state index contributed by atoms with van der Waals surface area (Å²) in [6.07, 6.45) is 0.871. The van der Waals surface area contributed by atoms with E-state index < -0.39 is 0 Å². The second-order valence-electron chi connectivity index (χ2n) is 4.49. The minimum atomic E-state index is -0.271. The highest BCUT2D eigenvalue weighted by Crippen LogP contribution is 2.15. The number of nitrogens with one attached hydrogen (secondary N) is 2. The zero-order valence-corrected chi connectivity index (χ0v) is 9.87. The van der Waals surface area contributed by atoms with Gasteiger partial charge in [0.15, 0.2) is 0 Å². The second-order valence-corrected chi connectivity index (χ2v) is 4.49. The average Bonchev–Trinajstić information content (AvgIpc) is 2.72. The molecule has 1 amide bonds. The number of hydrogen-bond acceptors (Lipinski definition) is 2. The van der Waals surface area contributed by atoms with Crippen molar-refractivity contribution in [3.05, 3.63) is 35.6 Å². The quantitative estimate of drug-likeness (QED) is 0.833. The molecule has 3 nitrogen and oxygen atoms in total. The van der Waals surface area contributed by atoms with Crippen LogP contribution < -0.4 is 10.6 Å². The van der Waals surface area contributed by atoms with Gasteiger partial charge in [-0.3, -0.25) is 4.79 Å². The summed E-state index contributed by atoms with van der Waals surface area (Å²) in [6, 6.07) is 6.52. The highest BCUT2D eigenvalue weighted by Gasteiger charge is 2.28. The van der Waals surface area contributed by atoms with Gasteiger partial charge in [0.1, 0.15) is 5.82 Å². The lowest BCUT2D eigenvalue weighted by Crippen LogP contribution is -2.36. The first-order chi connectivity index (χ1) is 8.16. The molecular formula is C13H17FN2O. The molecule has 0 bridgehead atoms. The first kappa shape index (κ1) is 12.0. The molecule has 2 N–H and O–H groups in total. The predicted octanol–water partition coefficient (Wildman–Crippen LogP) is 1.44. The molecule has 0 saturated carbocycles. The van der Waals surface area contributed by atoms with Crippen molar-refractivity contribution in [1.82, 2.24) is 10.6 Å². The Balaban J connectivity index is 1.88. The number of rotatable bonds is 3. The van der Waals surface area contributed by atoms with Crippen LogP contribution in [0.15, 0.2) is 24.3 Å². The van der Waals surface area contributed by atoms with Gasteiger partial charge in [-0.2, -0.15) is 0 Å². The first-order valence-corrected chi connectivity index (χ1v) is 5.92. The molecule has 1 aromatic carbocycles. The fraction of sp³-hybridized carbons (Fsp3) is 0.462. The smallest absolute Gasteiger partial charge is 0.224 e. The van der Waals surface area contributed by atoms with Gasteiger partial charge in [-0.05, 0) is 37.6 Å². The minimum absolute atomic E-state index is 0.0311. The number of amides is 1. The molecule has 0 spiro atoms. The lowest BCUT2D eigenvalue weighted by atomic mass is 10.0. The maximum Gasteiger partial charge on any atom is 0.224 e. The Labute approximate surface area is 100 Å². The fourth-order valence-electron chi connectivity index (χ4n) is 2.18. The van der Waals surface area contributed by atoms with Crippen molar-refractivity contribution >= 4 is 5.91 Å². The van der Waals surface area contributed by atoms with Crippen molar-refractivity contribution in [2.45, 2.75) is 25.9 Å². The van der Waals surface area contributed by atoms with Crippen LogP contribution >= 0.6 is 0 Å². The van der Waals surface area contributed by atoms with Crippen LogP contribution in [0.4, 0.5) is 4.39 Å². The zero-order chi connectivity index (χ0) is 12.3. The summed E-state index contributed by atoms with van der Waals surface area (Å²) in [6.45, 7) is 3.29. The van der Waals surface area contributed by atoms with Gasteiger partial charge in [-0.25, -0.2) is 4.39 Å². The Bertz CT molecular complexity index is 408. The molecule has 92 valence electrons. The Kier molecular flexibility index (Phi) is 3.74. The summed E-state index contributed by atoms with van der Waals surface area (Å²) < 4.78 is 12.9. The standard InChI is InChI=1S/C13H17FN2O/c1-9-12(5-6-15-9)13(17)16-8-10-3-2-4-11(14)7-10/h2-4,7,9,12,15H,5-6,8H2,1H3,(H,16,17). The van der Waals surface area contributed by atoms with Gasteiger partial charge in [-0.1, -0.05) is 12.1 Å². The van der Waals surface area contributed by atoms with Gasteiger partial charge in [0.05, 0.1) is 5.92 Å². The van der Waals surface area contributed by atoms with Crippen molar-refractivity contribution in [2.24, 2.45) is 5.92 Å². The summed E-state index contributed by atoms with van der Waals surface area (Å²) in [5.41, 5.74) is 0.789. The zero-order valence-electron chi connectivity index (χ0n) is 9.87. The summed E-state index contributed by atoms with van der Waals surface area (Å²) >= 11 is 0. The number of halogens is 1. The number of carbonyl (C=O) groups is 1. The van der Waals surface area contributed by atoms with Crippen LogP contribution in [-0.2, 0) is 11.3 Å². The number of carbonyl (C=O) groups excluding carboxylic acids is 1. The van der Waals surface area contributed by atoms with E-state index >= 15 is 0 Å². The third kappa shape index (κ3) is 3.03. The fourth-order valence-corrected chi connectivity index (χ4v) is 2.18. The SMILES string of the molecule is CC1NCCC1C(=O)NCc1cccc(F)c1. The lowest BCUT2D eigenvalue weighted by molar-refractivity contribution is -0.125. The van der Waals surface area contributed by atoms with E-state index in [4.69, 9.17) is 0 Å². The average molecular weight is 236 g/mol. The van der Waals surface area contributed by atoms with Gasteiger partial charge >= 0.3 is 0 Å². The van der Waals surface area contributed by atoms with Gasteiger partial charge in [0, 0.05) is 12.6 Å². The molecule has 1 aliphatic rings. The predicted molar refractivity (Wildman–Crippen MR) is 63.8 cm³/mol. The van der Waals surface area contributed by atoms with Crippen molar-refractivity contribution in [3.63, 3.8) is 0 Å². The molecule has 1 fully saturated rings. The van der Waals surface area contributed by atoms with E-state index in [9.17, 15) is 9.18 Å². The van der Waals surface area contributed by atoms with Crippen LogP contribution in [0.25, 0.3) is 0 Å². The third-order valence-electron chi connectivity index (χ3n) is 3.22. The Morgan fingerprint density at radius 2 is 2.41 bits per heavy atom. The summed E-state index contributed by atoms with van der Waals surface area (Å²) in [5.74, 6) is -0.192. The maximum atomic E-state index is 12.9. The van der Waals surface area contributed by atoms with Gasteiger partial charge < -0.3 is 10.6 Å². The topological polar surface area (TPSA) is 41.1 Å². The van der Waals surface area contributed by atoms with Crippen LogP contribution in [-0.4, -0.2) is 18.5 Å². The Morgan fingerprint density at radius 1 is 1.59 bits per heavy atom. The van der Waals surface area contributed by atoms with E-state index in [1.165, 1.54) is 12.1 Å². The second kappa shape index (κ2) is 5.27. The van der Waals surface area contributed by atoms with Crippen LogP contribution in [0.1, 0.15) is 18.9 Å². The van der Waals surface area contributed by atoms with E-state index in [2.05, 4.69) is 10.6 Å². The van der Waals surface area contributed by atoms with Gasteiger partial charge in [0.25, 0.3) is 0 Å². The van der Waals surface area contributed by atoms with Crippen molar-refractivity contribution in [2.75, 3.05) is 6.54 Å². The van der Waals surface area contributed by atoms with E-state index in [0.29, 0.717) is 6.54 Å². The number of benzene rings is 1. The van der Waals surface area contributed by atoms with E-state index in [0.717, 1.165) is 18.5 Å². The lowest BCUT2D eigenvalue weighted by Gasteiger charge is -2.14. The van der Waals surface area contributed by atoms with Crippen molar-refractivity contribution in [3.8, 4) is 0 Å². The molecule has 2 unspecified atom stereocenters. The molecular weight excluding hydrogens is 219 g/mol. The largest absolute Gasteiger partial charge is 0.352 e. The van der Waals surface area contributed by atoms with E-state index in [1.54, 1.807) is 12.1 Å². The molecule has 1 aromatic rings. The molecule has 1 saturated heterocycles. The van der Waals surface area contributed by atoms with Crippen LogP contribution in [0, 0.1) is 11.7 Å². The molecule has 0 aromatic heterocycles. The van der Waals surface area contributed by atoms with E-state index in [1.807, 2.05) is 6.92 Å². The summed E-state index contributed by atoms with van der Waals surface area (Å²) in [4.78, 5) is 11.9. The highest BCUT2D eigenvalue weighted by molar-refractivity contribution is 5.79. The molecule has 1 heterocycles. The van der Waals surface area contributed by atoms with Crippen molar-refractivity contribution < 1.29 is 9.18 Å². The van der Waals surface area contributed by atoms with Gasteiger partial charge in [-0.15, -0.1) is 0 Å². The minimum Gasteiger partial charge on any atom is -0.352 e. The molecule has 1 aliphatic heterocycles. The molecule has 0 aliphatic carbocycles.